The molecule has 0 aliphatic rings. The van der Waals surface area contributed by atoms with Crippen molar-refractivity contribution < 1.29 is 9.13 Å². The fourth-order valence-corrected chi connectivity index (χ4v) is 2.08. The zero-order chi connectivity index (χ0) is 15.6. The van der Waals surface area contributed by atoms with Crippen LogP contribution < -0.4 is 4.74 Å². The second-order valence-electron chi connectivity index (χ2n) is 4.76. The molecule has 3 aromatic heterocycles. The molecular formula is C16H10FN5O. The van der Waals surface area contributed by atoms with E-state index in [2.05, 4.69) is 20.1 Å². The van der Waals surface area contributed by atoms with Gasteiger partial charge in [-0.05, 0) is 36.4 Å². The Hall–Kier alpha value is -3.35. The molecule has 0 unspecified atom stereocenters. The standard InChI is InChI=1S/C16H10FN5O/c17-12-1-3-13(4-2-12)23-16-19-9-11(10-20-16)14-5-6-15-18-7-8-22(15)21-14/h1-10H. The first-order chi connectivity index (χ1) is 11.3. The number of halogens is 1. The van der Waals surface area contributed by atoms with Gasteiger partial charge in [0.2, 0.25) is 0 Å². The van der Waals surface area contributed by atoms with Gasteiger partial charge in [-0.3, -0.25) is 0 Å². The molecule has 0 aliphatic heterocycles. The largest absolute Gasteiger partial charge is 0.424 e. The first-order valence-corrected chi connectivity index (χ1v) is 6.84. The van der Waals surface area contributed by atoms with E-state index in [0.29, 0.717) is 5.75 Å². The summed E-state index contributed by atoms with van der Waals surface area (Å²) in [5.74, 6) is 0.145. The molecule has 1 aromatic carbocycles. The average molecular weight is 307 g/mol. The maximum absolute atomic E-state index is 12.9. The Morgan fingerprint density at radius 2 is 1.70 bits per heavy atom. The van der Waals surface area contributed by atoms with Crippen LogP contribution in [0.2, 0.25) is 0 Å². The molecule has 4 aromatic rings. The summed E-state index contributed by atoms with van der Waals surface area (Å²) in [7, 11) is 0. The van der Waals surface area contributed by atoms with Crippen molar-refractivity contribution in [3.63, 3.8) is 0 Å². The van der Waals surface area contributed by atoms with E-state index in [1.54, 1.807) is 29.3 Å². The Morgan fingerprint density at radius 3 is 2.48 bits per heavy atom. The topological polar surface area (TPSA) is 65.2 Å². The van der Waals surface area contributed by atoms with E-state index in [1.165, 1.54) is 24.3 Å². The second kappa shape index (κ2) is 5.45. The van der Waals surface area contributed by atoms with Crippen LogP contribution in [-0.4, -0.2) is 24.6 Å². The van der Waals surface area contributed by atoms with Gasteiger partial charge in [-0.25, -0.2) is 23.9 Å². The normalized spacial score (nSPS) is 10.8. The van der Waals surface area contributed by atoms with Crippen molar-refractivity contribution in [3.8, 4) is 23.0 Å². The summed E-state index contributed by atoms with van der Waals surface area (Å²) in [6, 6.07) is 9.56. The summed E-state index contributed by atoms with van der Waals surface area (Å²) in [5, 5.41) is 4.42. The molecule has 0 saturated carbocycles. The van der Waals surface area contributed by atoms with Crippen LogP contribution in [0.25, 0.3) is 16.9 Å². The maximum Gasteiger partial charge on any atom is 0.321 e. The lowest BCUT2D eigenvalue weighted by molar-refractivity contribution is 0.440. The van der Waals surface area contributed by atoms with Crippen molar-refractivity contribution in [1.82, 2.24) is 24.6 Å². The second-order valence-corrected chi connectivity index (χ2v) is 4.76. The molecule has 0 bridgehead atoms. The first-order valence-electron chi connectivity index (χ1n) is 6.84. The highest BCUT2D eigenvalue weighted by Crippen LogP contribution is 2.20. The fourth-order valence-electron chi connectivity index (χ4n) is 2.08. The quantitative estimate of drug-likeness (QED) is 0.582. The van der Waals surface area contributed by atoms with Crippen molar-refractivity contribution >= 4 is 5.65 Å². The summed E-state index contributed by atoms with van der Waals surface area (Å²) >= 11 is 0. The van der Waals surface area contributed by atoms with Gasteiger partial charge in [0.15, 0.2) is 5.65 Å². The summed E-state index contributed by atoms with van der Waals surface area (Å²) in [6.45, 7) is 0. The lowest BCUT2D eigenvalue weighted by Gasteiger charge is -2.04. The number of hydrogen-bond acceptors (Lipinski definition) is 5. The third-order valence-electron chi connectivity index (χ3n) is 3.20. The highest BCUT2D eigenvalue weighted by Gasteiger charge is 2.05. The lowest BCUT2D eigenvalue weighted by Crippen LogP contribution is -1.96. The summed E-state index contributed by atoms with van der Waals surface area (Å²) in [5.41, 5.74) is 2.25. The average Bonchev–Trinajstić information content (AvgIpc) is 3.05. The molecule has 0 radical (unpaired) electrons. The molecular weight excluding hydrogens is 297 g/mol. The number of fused-ring (bicyclic) bond motifs is 1. The first kappa shape index (κ1) is 13.3. The Bertz CT molecular complexity index is 950. The minimum absolute atomic E-state index is 0.184. The number of rotatable bonds is 3. The molecule has 0 aliphatic carbocycles. The molecule has 7 heteroatoms. The van der Waals surface area contributed by atoms with Crippen LogP contribution in [0.3, 0.4) is 0 Å². The van der Waals surface area contributed by atoms with Crippen molar-refractivity contribution in [2.24, 2.45) is 0 Å². The van der Waals surface area contributed by atoms with Gasteiger partial charge >= 0.3 is 6.01 Å². The molecule has 4 rings (SSSR count). The van der Waals surface area contributed by atoms with Crippen molar-refractivity contribution in [2.45, 2.75) is 0 Å². The Labute approximate surface area is 130 Å². The van der Waals surface area contributed by atoms with Gasteiger partial charge in [-0.1, -0.05) is 0 Å². The number of nitrogens with zero attached hydrogens (tertiary/aromatic N) is 5. The smallest absolute Gasteiger partial charge is 0.321 e. The van der Waals surface area contributed by atoms with Gasteiger partial charge < -0.3 is 4.74 Å². The minimum Gasteiger partial charge on any atom is -0.424 e. The van der Waals surface area contributed by atoms with Crippen LogP contribution >= 0.6 is 0 Å². The van der Waals surface area contributed by atoms with Crippen LogP contribution in [0, 0.1) is 5.82 Å². The van der Waals surface area contributed by atoms with Crippen molar-refractivity contribution in [2.75, 3.05) is 0 Å². The van der Waals surface area contributed by atoms with Crippen molar-refractivity contribution in [1.29, 1.82) is 0 Å². The van der Waals surface area contributed by atoms with Gasteiger partial charge in [-0.15, -0.1) is 0 Å². The van der Waals surface area contributed by atoms with Gasteiger partial charge in [0.05, 0.1) is 5.69 Å². The van der Waals surface area contributed by atoms with Crippen LogP contribution in [-0.2, 0) is 0 Å². The summed E-state index contributed by atoms with van der Waals surface area (Å²) in [6.07, 6.45) is 6.70. The van der Waals surface area contributed by atoms with Gasteiger partial charge in [0, 0.05) is 30.4 Å². The van der Waals surface area contributed by atoms with Gasteiger partial charge in [0.1, 0.15) is 11.6 Å². The third kappa shape index (κ3) is 2.71. The summed E-state index contributed by atoms with van der Waals surface area (Å²) < 4.78 is 20.0. The van der Waals surface area contributed by atoms with Gasteiger partial charge in [0.25, 0.3) is 0 Å². The molecule has 0 N–H and O–H groups in total. The van der Waals surface area contributed by atoms with Gasteiger partial charge in [-0.2, -0.15) is 5.10 Å². The van der Waals surface area contributed by atoms with Crippen molar-refractivity contribution in [3.05, 3.63) is 67.0 Å². The highest BCUT2D eigenvalue weighted by atomic mass is 19.1. The SMILES string of the molecule is Fc1ccc(Oc2ncc(-c3ccc4nccn4n3)cn2)cc1. The number of hydrogen-bond donors (Lipinski definition) is 0. The molecule has 0 atom stereocenters. The molecule has 23 heavy (non-hydrogen) atoms. The van der Waals surface area contributed by atoms with E-state index < -0.39 is 0 Å². The van der Waals surface area contributed by atoms with E-state index in [-0.39, 0.29) is 11.8 Å². The Balaban J connectivity index is 1.58. The van der Waals surface area contributed by atoms with Crippen LogP contribution in [0.4, 0.5) is 4.39 Å². The molecule has 112 valence electrons. The van der Waals surface area contributed by atoms with E-state index in [9.17, 15) is 4.39 Å². The zero-order valence-electron chi connectivity index (χ0n) is 11.8. The minimum atomic E-state index is -0.324. The number of aromatic nitrogens is 5. The van der Waals surface area contributed by atoms with E-state index in [0.717, 1.165) is 16.9 Å². The highest BCUT2D eigenvalue weighted by molar-refractivity contribution is 5.58. The predicted molar refractivity (Wildman–Crippen MR) is 80.5 cm³/mol. The zero-order valence-corrected chi connectivity index (χ0v) is 11.8. The van der Waals surface area contributed by atoms with E-state index in [4.69, 9.17) is 4.74 Å². The monoisotopic (exact) mass is 307 g/mol. The number of benzene rings is 1. The maximum atomic E-state index is 12.9. The van der Waals surface area contributed by atoms with Crippen LogP contribution in [0.15, 0.2) is 61.2 Å². The molecule has 6 nitrogen and oxygen atoms in total. The molecule has 0 fully saturated rings. The predicted octanol–water partition coefficient (Wildman–Crippen LogP) is 3.12. The lowest BCUT2D eigenvalue weighted by atomic mass is 10.2. The number of ether oxygens (including phenoxy) is 1. The Morgan fingerprint density at radius 1 is 0.913 bits per heavy atom. The van der Waals surface area contributed by atoms with Crippen LogP contribution in [0.1, 0.15) is 0 Å². The molecule has 0 saturated heterocycles. The van der Waals surface area contributed by atoms with E-state index >= 15 is 0 Å². The fraction of sp³-hybridized carbons (Fsp3) is 0. The van der Waals surface area contributed by atoms with Crippen LogP contribution in [0.5, 0.6) is 11.8 Å². The molecule has 0 amide bonds. The molecule has 0 spiro atoms. The molecule has 3 heterocycles. The van der Waals surface area contributed by atoms with E-state index in [1.807, 2.05) is 12.1 Å². The summed E-state index contributed by atoms with van der Waals surface area (Å²) in [4.78, 5) is 12.4. The third-order valence-corrected chi connectivity index (χ3v) is 3.20. The Kier molecular flexibility index (Phi) is 3.16. The number of imidazole rings is 1.